The molecule has 0 saturated carbocycles. The van der Waals surface area contributed by atoms with Crippen molar-refractivity contribution in [3.05, 3.63) is 35.2 Å². The Kier molecular flexibility index (Phi) is 3.70. The molecule has 16 heavy (non-hydrogen) atoms. The van der Waals surface area contributed by atoms with Crippen molar-refractivity contribution in [3.63, 3.8) is 0 Å². The number of anilines is 1. The van der Waals surface area contributed by atoms with Gasteiger partial charge < -0.3 is 0 Å². The standard InChI is InChI=1S/C9H8BrN5S/c10-7-5-13-9(15-11)14-8(7)16-6-1-3-12-4-2-6/h1-5H,11H2,(H,13,14,15). The number of aromatic nitrogens is 3. The number of halogens is 1. The Balaban J connectivity index is 2.27. The molecular weight excluding hydrogens is 290 g/mol. The van der Waals surface area contributed by atoms with E-state index >= 15 is 0 Å². The number of nitrogens with two attached hydrogens (primary N) is 1. The first-order chi connectivity index (χ1) is 7.79. The third-order valence-electron chi connectivity index (χ3n) is 1.71. The maximum absolute atomic E-state index is 5.25. The van der Waals surface area contributed by atoms with Crippen LogP contribution in [0.4, 0.5) is 5.95 Å². The minimum absolute atomic E-state index is 0.389. The average Bonchev–Trinajstić information content (AvgIpc) is 2.33. The van der Waals surface area contributed by atoms with E-state index in [1.54, 1.807) is 18.6 Å². The van der Waals surface area contributed by atoms with Crippen LogP contribution in [0.3, 0.4) is 0 Å². The summed E-state index contributed by atoms with van der Waals surface area (Å²) in [6.07, 6.45) is 5.13. The predicted octanol–water partition coefficient (Wildman–Crippen LogP) is 2.07. The molecule has 0 aliphatic heterocycles. The number of nitrogens with one attached hydrogen (secondary N) is 1. The van der Waals surface area contributed by atoms with Crippen LogP contribution in [0.25, 0.3) is 0 Å². The van der Waals surface area contributed by atoms with E-state index in [1.165, 1.54) is 11.8 Å². The Labute approximate surface area is 105 Å². The number of rotatable bonds is 3. The summed E-state index contributed by atoms with van der Waals surface area (Å²) in [7, 11) is 0. The minimum Gasteiger partial charge on any atom is -0.292 e. The lowest BCUT2D eigenvalue weighted by Gasteiger charge is -2.04. The van der Waals surface area contributed by atoms with Crippen molar-refractivity contribution in [2.75, 3.05) is 5.43 Å². The molecule has 0 bridgehead atoms. The van der Waals surface area contributed by atoms with Gasteiger partial charge >= 0.3 is 0 Å². The van der Waals surface area contributed by atoms with Crippen LogP contribution in [0, 0.1) is 0 Å². The van der Waals surface area contributed by atoms with E-state index in [-0.39, 0.29) is 0 Å². The number of hydrazine groups is 1. The van der Waals surface area contributed by atoms with Crippen LogP contribution in [0.5, 0.6) is 0 Å². The molecule has 0 saturated heterocycles. The lowest BCUT2D eigenvalue weighted by molar-refractivity contribution is 1.01. The highest BCUT2D eigenvalue weighted by Crippen LogP contribution is 2.31. The van der Waals surface area contributed by atoms with E-state index in [1.807, 2.05) is 12.1 Å². The quantitative estimate of drug-likeness (QED) is 0.513. The second-order valence-electron chi connectivity index (χ2n) is 2.78. The zero-order valence-electron chi connectivity index (χ0n) is 8.09. The summed E-state index contributed by atoms with van der Waals surface area (Å²) in [6, 6.07) is 3.82. The van der Waals surface area contributed by atoms with Crippen molar-refractivity contribution in [2.45, 2.75) is 9.92 Å². The van der Waals surface area contributed by atoms with Crippen LogP contribution < -0.4 is 11.3 Å². The van der Waals surface area contributed by atoms with E-state index in [0.29, 0.717) is 5.95 Å². The van der Waals surface area contributed by atoms with Crippen LogP contribution >= 0.6 is 27.7 Å². The molecule has 0 spiro atoms. The van der Waals surface area contributed by atoms with Gasteiger partial charge in [-0.1, -0.05) is 11.8 Å². The number of pyridine rings is 1. The van der Waals surface area contributed by atoms with Crippen LogP contribution in [0.1, 0.15) is 0 Å². The van der Waals surface area contributed by atoms with Gasteiger partial charge in [0, 0.05) is 23.5 Å². The normalized spacial score (nSPS) is 10.1. The molecule has 3 N–H and O–H groups in total. The van der Waals surface area contributed by atoms with Gasteiger partial charge in [-0.05, 0) is 28.1 Å². The van der Waals surface area contributed by atoms with Gasteiger partial charge in [0.25, 0.3) is 0 Å². The first kappa shape index (κ1) is 11.3. The SMILES string of the molecule is NNc1ncc(Br)c(Sc2ccncc2)n1. The highest BCUT2D eigenvalue weighted by molar-refractivity contribution is 9.10. The number of nitrogen functional groups attached to an aromatic ring is 1. The van der Waals surface area contributed by atoms with Crippen LogP contribution in [0.15, 0.2) is 45.1 Å². The van der Waals surface area contributed by atoms with Gasteiger partial charge in [-0.15, -0.1) is 0 Å². The zero-order chi connectivity index (χ0) is 11.4. The molecule has 7 heteroatoms. The molecule has 0 unspecified atom stereocenters. The van der Waals surface area contributed by atoms with E-state index in [9.17, 15) is 0 Å². The molecule has 0 fully saturated rings. The molecule has 2 rings (SSSR count). The summed E-state index contributed by atoms with van der Waals surface area (Å²) in [6.45, 7) is 0. The number of hydrogen-bond donors (Lipinski definition) is 2. The Morgan fingerprint density at radius 3 is 2.75 bits per heavy atom. The smallest absolute Gasteiger partial charge is 0.238 e. The zero-order valence-corrected chi connectivity index (χ0v) is 10.5. The van der Waals surface area contributed by atoms with Gasteiger partial charge in [-0.2, -0.15) is 0 Å². The van der Waals surface area contributed by atoms with E-state index in [4.69, 9.17) is 5.84 Å². The third kappa shape index (κ3) is 2.69. The van der Waals surface area contributed by atoms with Crippen LogP contribution in [0.2, 0.25) is 0 Å². The first-order valence-electron chi connectivity index (χ1n) is 4.36. The number of nitrogens with zero attached hydrogens (tertiary/aromatic N) is 3. The molecule has 0 amide bonds. The minimum atomic E-state index is 0.389. The van der Waals surface area contributed by atoms with Crippen LogP contribution in [-0.4, -0.2) is 15.0 Å². The van der Waals surface area contributed by atoms with Crippen molar-refractivity contribution in [1.29, 1.82) is 0 Å². The highest BCUT2D eigenvalue weighted by atomic mass is 79.9. The molecule has 0 radical (unpaired) electrons. The summed E-state index contributed by atoms with van der Waals surface area (Å²) in [5.74, 6) is 5.64. The third-order valence-corrected chi connectivity index (χ3v) is 3.56. The molecule has 82 valence electrons. The van der Waals surface area contributed by atoms with Crippen molar-refractivity contribution >= 4 is 33.6 Å². The molecule has 5 nitrogen and oxygen atoms in total. The summed E-state index contributed by atoms with van der Waals surface area (Å²) >= 11 is 4.90. The van der Waals surface area contributed by atoms with Gasteiger partial charge in [-0.3, -0.25) is 10.4 Å². The Morgan fingerprint density at radius 1 is 1.31 bits per heavy atom. The monoisotopic (exact) mass is 297 g/mol. The van der Waals surface area contributed by atoms with Crippen molar-refractivity contribution in [2.24, 2.45) is 5.84 Å². The molecule has 0 aliphatic carbocycles. The fourth-order valence-electron chi connectivity index (χ4n) is 1.01. The fraction of sp³-hybridized carbons (Fsp3) is 0. The van der Waals surface area contributed by atoms with E-state index in [0.717, 1.165) is 14.4 Å². The Bertz CT molecular complexity index is 479. The van der Waals surface area contributed by atoms with E-state index < -0.39 is 0 Å². The lowest BCUT2D eigenvalue weighted by atomic mass is 10.5. The Hall–Kier alpha value is -1.18. The Morgan fingerprint density at radius 2 is 2.06 bits per heavy atom. The van der Waals surface area contributed by atoms with Gasteiger partial charge in [0.15, 0.2) is 0 Å². The number of hydrogen-bond acceptors (Lipinski definition) is 6. The van der Waals surface area contributed by atoms with Crippen molar-refractivity contribution in [1.82, 2.24) is 15.0 Å². The van der Waals surface area contributed by atoms with Gasteiger partial charge in [0.05, 0.1) is 4.47 Å². The molecule has 0 aromatic carbocycles. The van der Waals surface area contributed by atoms with Gasteiger partial charge in [-0.25, -0.2) is 15.8 Å². The van der Waals surface area contributed by atoms with Gasteiger partial charge in [0.1, 0.15) is 5.03 Å². The first-order valence-corrected chi connectivity index (χ1v) is 5.97. The fourth-order valence-corrected chi connectivity index (χ4v) is 2.21. The second kappa shape index (κ2) is 5.24. The average molecular weight is 298 g/mol. The van der Waals surface area contributed by atoms with Gasteiger partial charge in [0.2, 0.25) is 5.95 Å². The molecule has 2 aromatic heterocycles. The maximum Gasteiger partial charge on any atom is 0.238 e. The molecule has 2 aromatic rings. The summed E-state index contributed by atoms with van der Waals surface area (Å²) in [4.78, 5) is 13.2. The molecular formula is C9H8BrN5S. The maximum atomic E-state index is 5.25. The summed E-state index contributed by atoms with van der Waals surface area (Å²) in [5, 5.41) is 0.800. The second-order valence-corrected chi connectivity index (χ2v) is 4.69. The lowest BCUT2D eigenvalue weighted by Crippen LogP contribution is -2.10. The molecule has 2 heterocycles. The summed E-state index contributed by atoms with van der Waals surface area (Å²) < 4.78 is 0.827. The molecule has 0 aliphatic rings. The largest absolute Gasteiger partial charge is 0.292 e. The predicted molar refractivity (Wildman–Crippen MR) is 65.9 cm³/mol. The van der Waals surface area contributed by atoms with Crippen molar-refractivity contribution < 1.29 is 0 Å². The summed E-state index contributed by atoms with van der Waals surface area (Å²) in [5.41, 5.74) is 2.41. The topological polar surface area (TPSA) is 76.7 Å². The highest BCUT2D eigenvalue weighted by Gasteiger charge is 2.06. The van der Waals surface area contributed by atoms with Crippen LogP contribution in [-0.2, 0) is 0 Å². The van der Waals surface area contributed by atoms with Crippen molar-refractivity contribution in [3.8, 4) is 0 Å². The molecule has 0 atom stereocenters. The van der Waals surface area contributed by atoms with E-state index in [2.05, 4.69) is 36.3 Å².